The van der Waals surface area contributed by atoms with Crippen molar-refractivity contribution in [2.75, 3.05) is 0 Å². The second-order valence-electron chi connectivity index (χ2n) is 39.6. The fraction of sp³-hybridized carbons (Fsp3) is 0.0902. The Morgan fingerprint density at radius 2 is 0.443 bits per heavy atom. The number of nitrogens with zero attached hydrogens (tertiary/aromatic N) is 7. The van der Waals surface area contributed by atoms with Crippen molar-refractivity contribution in [1.29, 1.82) is 0 Å². The molecule has 0 saturated heterocycles. The molecule has 0 aliphatic heterocycles. The average Bonchev–Trinajstić information content (AvgIpc) is 1.51. The Morgan fingerprint density at radius 1 is 0.179 bits per heavy atom. The molecule has 28 rings (SSSR count). The lowest BCUT2D eigenvalue weighted by atomic mass is 9.78. The van der Waals surface area contributed by atoms with E-state index in [1.807, 2.05) is 49.2 Å². The summed E-state index contributed by atoms with van der Waals surface area (Å²) in [4.78, 5) is 34.2. The van der Waals surface area contributed by atoms with Crippen molar-refractivity contribution >= 4 is 86.7 Å². The Morgan fingerprint density at radius 3 is 0.757 bits per heavy atom. The van der Waals surface area contributed by atoms with Gasteiger partial charge in [-0.05, 0) is 220 Å². The topological polar surface area (TPSA) is 90.2 Å². The summed E-state index contributed by atoms with van der Waals surface area (Å²) in [7, 11) is 0. The minimum atomic E-state index is -0.154. The lowest BCUT2D eigenvalue weighted by Crippen LogP contribution is -2.16. The highest BCUT2D eigenvalue weighted by atomic mass is 14.8. The molecule has 0 radical (unpaired) electrons. The van der Waals surface area contributed by atoms with E-state index in [1.54, 1.807) is 0 Å². The van der Waals surface area contributed by atoms with E-state index in [0.717, 1.165) is 61.7 Å². The van der Waals surface area contributed by atoms with Crippen molar-refractivity contribution in [2.24, 2.45) is 0 Å². The molecular weight excluding hydrogens is 1700 g/mol. The first kappa shape index (κ1) is 84.6. The third kappa shape index (κ3) is 13.8. The van der Waals surface area contributed by atoms with Gasteiger partial charge in [0, 0.05) is 102 Å². The lowest BCUT2D eigenvalue weighted by molar-refractivity contribution is 0.661. The van der Waals surface area contributed by atoms with E-state index >= 15 is 0 Å². The highest BCUT2D eigenvalue weighted by Gasteiger charge is 2.45. The number of fused-ring (bicyclic) bond motifs is 24. The summed E-state index contributed by atoms with van der Waals surface area (Å²) >= 11 is 0. The maximum atomic E-state index is 5.29. The van der Waals surface area contributed by atoms with Gasteiger partial charge >= 0.3 is 0 Å². The first-order valence-corrected chi connectivity index (χ1v) is 48.5. The molecule has 7 heterocycles. The highest BCUT2D eigenvalue weighted by molar-refractivity contribution is 6.20. The van der Waals surface area contributed by atoms with Crippen LogP contribution in [0.3, 0.4) is 0 Å². The Kier molecular flexibility index (Phi) is 20.2. The molecule has 4 aliphatic rings. The number of pyridine rings is 7. The normalized spacial score (nSPS) is 13.7. The zero-order chi connectivity index (χ0) is 94.3. The molecule has 0 spiro atoms. The molecule has 7 aromatic heterocycles. The summed E-state index contributed by atoms with van der Waals surface area (Å²) < 4.78 is 0. The second kappa shape index (κ2) is 33.4. The summed E-state index contributed by atoms with van der Waals surface area (Å²) in [6, 6.07) is 148. The molecule has 7 nitrogen and oxygen atoms in total. The maximum absolute atomic E-state index is 5.29. The quantitative estimate of drug-likeness (QED) is 0.140. The molecular formula is C133H97N7. The van der Waals surface area contributed by atoms with Crippen LogP contribution in [0.25, 0.3) is 221 Å². The van der Waals surface area contributed by atoms with Gasteiger partial charge in [0.15, 0.2) is 0 Å². The minimum Gasteiger partial charge on any atom is -0.265 e. The largest absolute Gasteiger partial charge is 0.265 e. The molecule has 0 N–H and O–H groups in total. The van der Waals surface area contributed by atoms with Gasteiger partial charge in [0.1, 0.15) is 0 Å². The lowest BCUT2D eigenvalue weighted by Gasteiger charge is -2.25. The molecule has 7 heteroatoms. The Labute approximate surface area is 815 Å². The summed E-state index contributed by atoms with van der Waals surface area (Å²) in [5.41, 5.74) is 43.0. The summed E-state index contributed by atoms with van der Waals surface area (Å²) in [6.07, 6.45) is 9.27. The molecule has 0 bridgehead atoms. The smallest absolute Gasteiger partial charge is 0.0759 e. The first-order valence-electron chi connectivity index (χ1n) is 48.5. The fourth-order valence-electron chi connectivity index (χ4n) is 23.5. The SMILES string of the molecule is CC1(C)c2ccccc2-c2nc3ccc4ccccc4c3c(-c3ccc(-c4ccccc4)cc3)c21.CC1(C)c2ccccc2-c2nc3ccc4ccccc4c3c(-c3ccc(-c4ccccn4)cc3)c21.CC1(C)c2ccccc2-c2nc3ccc4ccccc4c3c(-c3ccc(-c4cccnc4)cc3)c21.CC1(C)c2ccccc2-c2nc3ccc4ccccc4c3c(-c3ccc(-c4ccncc4)cc3)c21. The van der Waals surface area contributed by atoms with Crippen molar-refractivity contribution in [2.45, 2.75) is 77.0 Å². The van der Waals surface area contributed by atoms with Crippen molar-refractivity contribution in [3.05, 3.63) is 488 Å². The predicted molar refractivity (Wildman–Crippen MR) is 584 cm³/mol. The second-order valence-corrected chi connectivity index (χ2v) is 39.6. The Bertz CT molecular complexity index is 8040. The van der Waals surface area contributed by atoms with Crippen molar-refractivity contribution < 1.29 is 0 Å². The van der Waals surface area contributed by atoms with Crippen molar-refractivity contribution in [3.8, 4) is 134 Å². The van der Waals surface area contributed by atoms with Gasteiger partial charge in [0.05, 0.1) is 50.5 Å². The maximum Gasteiger partial charge on any atom is 0.0759 e. The van der Waals surface area contributed by atoms with Crippen LogP contribution in [0.5, 0.6) is 0 Å². The summed E-state index contributed by atoms with van der Waals surface area (Å²) in [6.45, 7) is 18.7. The molecule has 0 atom stereocenters. The van der Waals surface area contributed by atoms with E-state index in [1.165, 1.54) is 204 Å². The standard InChI is InChI=1S/C34H25N.3C33H24N2/c1-34(2)28-15-9-8-14-27(28)33-32(34)30(25-18-16-23(17-19-25)22-10-4-3-5-11-22)31-26-13-7-6-12-24(26)20-21-29(31)35-33;1-33(2)26-12-6-5-11-25(26)32-31(33)29(23-16-14-22(15-17-23)27-13-7-8-20-34-27)30-24-10-4-3-9-21(24)18-19-28(30)35-32;1-33(2)27-12-6-5-11-26(27)32-31(33)29(23-15-13-21(14-16-23)24-9-7-19-34-20-24)30-25-10-4-3-8-22(25)17-18-28(30)35-32;1-33(2)27-10-6-5-9-26(27)32-31(33)29(24-13-11-21(12-14-24)22-17-19-34-20-18-22)30-25-8-4-3-7-23(25)15-16-28(30)35-32/h3-21H,1-2H3;3*3-20H,1-2H3. The molecule has 0 saturated carbocycles. The number of aromatic nitrogens is 7. The third-order valence-electron chi connectivity index (χ3n) is 30.2. The number of hydrogen-bond acceptors (Lipinski definition) is 7. The molecule has 664 valence electrons. The number of hydrogen-bond donors (Lipinski definition) is 0. The monoisotopic (exact) mass is 1790 g/mol. The van der Waals surface area contributed by atoms with Crippen LogP contribution < -0.4 is 0 Å². The van der Waals surface area contributed by atoms with Gasteiger partial charge in [-0.25, -0.2) is 19.9 Å². The van der Waals surface area contributed by atoms with E-state index in [9.17, 15) is 0 Å². The summed E-state index contributed by atoms with van der Waals surface area (Å²) in [5.74, 6) is 0. The first-order chi connectivity index (χ1) is 68.5. The summed E-state index contributed by atoms with van der Waals surface area (Å²) in [5, 5.41) is 14.9. The van der Waals surface area contributed by atoms with Crippen molar-refractivity contribution in [3.63, 3.8) is 0 Å². The van der Waals surface area contributed by atoms with Crippen LogP contribution in [0.15, 0.2) is 443 Å². The van der Waals surface area contributed by atoms with E-state index < -0.39 is 0 Å². The van der Waals surface area contributed by atoms with Crippen LogP contribution in [-0.2, 0) is 21.7 Å². The van der Waals surface area contributed by atoms with Crippen LogP contribution in [-0.4, -0.2) is 34.9 Å². The molecule has 17 aromatic carbocycles. The number of benzene rings is 17. The van der Waals surface area contributed by atoms with Crippen LogP contribution in [0, 0.1) is 0 Å². The van der Waals surface area contributed by atoms with Gasteiger partial charge in [-0.3, -0.25) is 15.0 Å². The van der Waals surface area contributed by atoms with Gasteiger partial charge in [-0.15, -0.1) is 0 Å². The van der Waals surface area contributed by atoms with E-state index in [-0.39, 0.29) is 21.7 Å². The molecule has 140 heavy (non-hydrogen) atoms. The van der Waals surface area contributed by atoms with Gasteiger partial charge in [0.2, 0.25) is 0 Å². The third-order valence-corrected chi connectivity index (χ3v) is 30.2. The fourth-order valence-corrected chi connectivity index (χ4v) is 23.5. The molecule has 24 aromatic rings. The van der Waals surface area contributed by atoms with Crippen LogP contribution in [0.4, 0.5) is 0 Å². The molecule has 0 amide bonds. The van der Waals surface area contributed by atoms with Gasteiger partial charge < -0.3 is 0 Å². The Balaban J connectivity index is 0.0000000985. The zero-order valence-corrected chi connectivity index (χ0v) is 79.3. The van der Waals surface area contributed by atoms with Gasteiger partial charge in [-0.2, -0.15) is 0 Å². The minimum absolute atomic E-state index is 0.141. The van der Waals surface area contributed by atoms with E-state index in [2.05, 4.69) is 465 Å². The average molecular weight is 1790 g/mol. The van der Waals surface area contributed by atoms with Gasteiger partial charge in [-0.1, -0.05) is 413 Å². The predicted octanol–water partition coefficient (Wildman–Crippen LogP) is 34.3. The Hall–Kier alpha value is -17.1. The van der Waals surface area contributed by atoms with Crippen LogP contribution in [0.1, 0.15) is 99.9 Å². The highest BCUT2D eigenvalue weighted by Crippen LogP contribution is 2.60. The van der Waals surface area contributed by atoms with Gasteiger partial charge in [0.25, 0.3) is 0 Å². The van der Waals surface area contributed by atoms with E-state index in [4.69, 9.17) is 19.9 Å². The van der Waals surface area contributed by atoms with Crippen LogP contribution in [0.2, 0.25) is 0 Å². The molecule has 0 fully saturated rings. The van der Waals surface area contributed by atoms with E-state index in [0.29, 0.717) is 0 Å². The molecule has 4 aliphatic carbocycles. The number of rotatable bonds is 8. The zero-order valence-electron chi connectivity index (χ0n) is 79.3. The molecule has 0 unspecified atom stereocenters. The van der Waals surface area contributed by atoms with Crippen molar-refractivity contribution in [1.82, 2.24) is 34.9 Å². The van der Waals surface area contributed by atoms with Crippen LogP contribution >= 0.6 is 0 Å².